The first kappa shape index (κ1) is 14.2. The Kier molecular flexibility index (Phi) is 4.01. The summed E-state index contributed by atoms with van der Waals surface area (Å²) >= 11 is 0. The van der Waals surface area contributed by atoms with Crippen LogP contribution in [0, 0.1) is 0 Å². The molecule has 0 radical (unpaired) electrons. The first-order valence-electron chi connectivity index (χ1n) is 7.83. The van der Waals surface area contributed by atoms with Crippen LogP contribution >= 0.6 is 0 Å². The molecule has 112 valence electrons. The molecular formula is C16H23N5. The molecule has 1 saturated carbocycles. The second kappa shape index (κ2) is 5.93. The molecule has 0 unspecified atom stereocenters. The summed E-state index contributed by atoms with van der Waals surface area (Å²) in [6.07, 6.45) is 5.94. The van der Waals surface area contributed by atoms with E-state index in [1.165, 1.54) is 19.3 Å². The van der Waals surface area contributed by atoms with Gasteiger partial charge >= 0.3 is 0 Å². The lowest BCUT2D eigenvalue weighted by atomic mass is 9.80. The molecule has 0 aliphatic heterocycles. The molecule has 1 aromatic carbocycles. The van der Waals surface area contributed by atoms with Gasteiger partial charge in [-0.05, 0) is 49.2 Å². The van der Waals surface area contributed by atoms with Gasteiger partial charge in [0.25, 0.3) is 0 Å². The number of hydrogen-bond acceptors (Lipinski definition) is 4. The highest BCUT2D eigenvalue weighted by Crippen LogP contribution is 2.36. The second-order valence-corrected chi connectivity index (χ2v) is 6.19. The van der Waals surface area contributed by atoms with Gasteiger partial charge in [0.15, 0.2) is 5.82 Å². The molecule has 1 aromatic heterocycles. The number of tetrazole rings is 1. The van der Waals surface area contributed by atoms with Crippen LogP contribution in [0.15, 0.2) is 30.3 Å². The van der Waals surface area contributed by atoms with Crippen LogP contribution in [0.1, 0.15) is 51.8 Å². The van der Waals surface area contributed by atoms with Gasteiger partial charge in [-0.2, -0.15) is 4.68 Å². The van der Waals surface area contributed by atoms with Crippen LogP contribution in [0.3, 0.4) is 0 Å². The molecular weight excluding hydrogens is 262 g/mol. The van der Waals surface area contributed by atoms with E-state index in [2.05, 4.69) is 34.7 Å². The molecule has 0 spiro atoms. The molecule has 5 nitrogen and oxygen atoms in total. The molecule has 1 fully saturated rings. The number of hydrogen-bond donors (Lipinski definition) is 1. The number of aromatic nitrogens is 4. The van der Waals surface area contributed by atoms with Gasteiger partial charge in [-0.25, -0.2) is 0 Å². The van der Waals surface area contributed by atoms with Crippen molar-refractivity contribution in [3.05, 3.63) is 36.2 Å². The molecule has 5 heteroatoms. The van der Waals surface area contributed by atoms with E-state index in [1.807, 2.05) is 35.0 Å². The Labute approximate surface area is 125 Å². The van der Waals surface area contributed by atoms with Crippen molar-refractivity contribution in [3.63, 3.8) is 0 Å². The fourth-order valence-corrected chi connectivity index (χ4v) is 3.37. The molecule has 1 N–H and O–H groups in total. The molecule has 1 heterocycles. The standard InChI is InChI=1S/C16H23N5/c1-13(2)17-16(11-7-4-8-12-16)15-18-19-20-21(15)14-9-5-3-6-10-14/h3,5-6,9-10,13,17H,4,7-8,11-12H2,1-2H3. The van der Waals surface area contributed by atoms with Gasteiger partial charge in [-0.3, -0.25) is 0 Å². The maximum absolute atomic E-state index is 4.38. The highest BCUT2D eigenvalue weighted by atomic mass is 15.6. The van der Waals surface area contributed by atoms with Crippen molar-refractivity contribution in [2.24, 2.45) is 0 Å². The third-order valence-electron chi connectivity index (χ3n) is 4.17. The molecule has 1 aliphatic rings. The van der Waals surface area contributed by atoms with E-state index >= 15 is 0 Å². The molecule has 0 saturated heterocycles. The van der Waals surface area contributed by atoms with Crippen molar-refractivity contribution in [1.29, 1.82) is 0 Å². The van der Waals surface area contributed by atoms with Crippen LogP contribution in [0.5, 0.6) is 0 Å². The number of para-hydroxylation sites is 1. The van der Waals surface area contributed by atoms with Gasteiger partial charge in [-0.15, -0.1) is 5.10 Å². The molecule has 0 amide bonds. The quantitative estimate of drug-likeness (QED) is 0.938. The monoisotopic (exact) mass is 285 g/mol. The Morgan fingerprint density at radius 3 is 2.48 bits per heavy atom. The van der Waals surface area contributed by atoms with Gasteiger partial charge in [0, 0.05) is 6.04 Å². The minimum Gasteiger partial charge on any atom is -0.302 e. The summed E-state index contributed by atoms with van der Waals surface area (Å²) < 4.78 is 1.89. The van der Waals surface area contributed by atoms with E-state index in [0.29, 0.717) is 6.04 Å². The SMILES string of the molecule is CC(C)NC1(c2nnnn2-c2ccccc2)CCCCC1. The summed E-state index contributed by atoms with van der Waals surface area (Å²) in [5.41, 5.74) is 0.916. The topological polar surface area (TPSA) is 55.6 Å². The van der Waals surface area contributed by atoms with Gasteiger partial charge in [0.1, 0.15) is 0 Å². The van der Waals surface area contributed by atoms with Gasteiger partial charge < -0.3 is 5.32 Å². The molecule has 0 atom stereocenters. The van der Waals surface area contributed by atoms with E-state index in [9.17, 15) is 0 Å². The highest BCUT2D eigenvalue weighted by Gasteiger charge is 2.39. The first-order chi connectivity index (χ1) is 10.2. The fourth-order valence-electron chi connectivity index (χ4n) is 3.37. The van der Waals surface area contributed by atoms with Crippen LogP contribution in [-0.2, 0) is 5.54 Å². The molecule has 21 heavy (non-hydrogen) atoms. The van der Waals surface area contributed by atoms with Crippen molar-refractivity contribution >= 4 is 0 Å². The second-order valence-electron chi connectivity index (χ2n) is 6.19. The zero-order valence-electron chi connectivity index (χ0n) is 12.8. The van der Waals surface area contributed by atoms with Crippen LogP contribution in [-0.4, -0.2) is 26.2 Å². The van der Waals surface area contributed by atoms with Crippen molar-refractivity contribution < 1.29 is 0 Å². The molecule has 2 aromatic rings. The Hall–Kier alpha value is -1.75. The van der Waals surface area contributed by atoms with Crippen LogP contribution < -0.4 is 5.32 Å². The maximum Gasteiger partial charge on any atom is 0.176 e. The average Bonchev–Trinajstić information content (AvgIpc) is 2.98. The van der Waals surface area contributed by atoms with E-state index < -0.39 is 0 Å². The summed E-state index contributed by atoms with van der Waals surface area (Å²) in [6, 6.07) is 10.5. The molecule has 1 aliphatic carbocycles. The Morgan fingerprint density at radius 1 is 1.10 bits per heavy atom. The van der Waals surface area contributed by atoms with Crippen LogP contribution in [0.4, 0.5) is 0 Å². The summed E-state index contributed by atoms with van der Waals surface area (Å²) in [4.78, 5) is 0. The number of rotatable bonds is 4. The fraction of sp³-hybridized carbons (Fsp3) is 0.562. The lowest BCUT2D eigenvalue weighted by Crippen LogP contribution is -2.49. The zero-order chi connectivity index (χ0) is 14.7. The minimum atomic E-state index is -0.105. The van der Waals surface area contributed by atoms with Crippen molar-refractivity contribution in [1.82, 2.24) is 25.5 Å². The minimum absolute atomic E-state index is 0.105. The van der Waals surface area contributed by atoms with Crippen molar-refractivity contribution in [3.8, 4) is 5.69 Å². The Morgan fingerprint density at radius 2 is 1.81 bits per heavy atom. The molecule has 0 bridgehead atoms. The third kappa shape index (κ3) is 2.83. The lowest BCUT2D eigenvalue weighted by Gasteiger charge is -2.38. The lowest BCUT2D eigenvalue weighted by molar-refractivity contribution is 0.201. The first-order valence-corrected chi connectivity index (χ1v) is 7.83. The maximum atomic E-state index is 4.38. The largest absolute Gasteiger partial charge is 0.302 e. The summed E-state index contributed by atoms with van der Waals surface area (Å²) in [5.74, 6) is 0.946. The average molecular weight is 285 g/mol. The zero-order valence-corrected chi connectivity index (χ0v) is 12.8. The molecule has 3 rings (SSSR count). The number of nitrogens with one attached hydrogen (secondary N) is 1. The summed E-state index contributed by atoms with van der Waals surface area (Å²) in [5, 5.41) is 16.3. The van der Waals surface area contributed by atoms with E-state index in [4.69, 9.17) is 0 Å². The van der Waals surface area contributed by atoms with Gasteiger partial charge in [0.2, 0.25) is 0 Å². The predicted molar refractivity (Wildman–Crippen MR) is 82.2 cm³/mol. The van der Waals surface area contributed by atoms with Gasteiger partial charge in [0.05, 0.1) is 11.2 Å². The summed E-state index contributed by atoms with van der Waals surface area (Å²) in [6.45, 7) is 4.38. The van der Waals surface area contributed by atoms with E-state index in [1.54, 1.807) is 0 Å². The smallest absolute Gasteiger partial charge is 0.176 e. The number of benzene rings is 1. The Balaban J connectivity index is 2.03. The van der Waals surface area contributed by atoms with E-state index in [-0.39, 0.29) is 5.54 Å². The van der Waals surface area contributed by atoms with Crippen LogP contribution in [0.25, 0.3) is 5.69 Å². The Bertz CT molecular complexity index is 569. The predicted octanol–water partition coefficient (Wildman–Crippen LogP) is 2.82. The third-order valence-corrected chi connectivity index (χ3v) is 4.17. The highest BCUT2D eigenvalue weighted by molar-refractivity contribution is 5.32. The van der Waals surface area contributed by atoms with Crippen molar-refractivity contribution in [2.75, 3.05) is 0 Å². The van der Waals surface area contributed by atoms with E-state index in [0.717, 1.165) is 24.4 Å². The summed E-state index contributed by atoms with van der Waals surface area (Å²) in [7, 11) is 0. The van der Waals surface area contributed by atoms with Gasteiger partial charge in [-0.1, -0.05) is 37.5 Å². The van der Waals surface area contributed by atoms with Crippen LogP contribution in [0.2, 0.25) is 0 Å². The normalized spacial score (nSPS) is 18.0. The van der Waals surface area contributed by atoms with Crippen molar-refractivity contribution in [2.45, 2.75) is 57.5 Å². The number of nitrogens with zero attached hydrogens (tertiary/aromatic N) is 4.